The first-order valence-electron chi connectivity index (χ1n) is 5.94. The van der Waals surface area contributed by atoms with E-state index < -0.39 is 0 Å². The van der Waals surface area contributed by atoms with Crippen LogP contribution in [0.5, 0.6) is 0 Å². The van der Waals surface area contributed by atoms with Crippen molar-refractivity contribution in [2.24, 2.45) is 5.73 Å². The zero-order valence-corrected chi connectivity index (χ0v) is 11.2. The van der Waals surface area contributed by atoms with Crippen LogP contribution in [0.25, 0.3) is 0 Å². The molecule has 1 aliphatic carbocycles. The quantitative estimate of drug-likeness (QED) is 0.877. The number of H-pyrrole nitrogens is 1. The standard InChI is InChI=1S/C11H17BrN4O/c12-9-10(14-7-15-11(9)17)16(6-5-13)8-3-1-2-4-8/h7-8H,1-6,13H2,(H,14,15,17). The number of halogens is 1. The fourth-order valence-corrected chi connectivity index (χ4v) is 2.83. The summed E-state index contributed by atoms with van der Waals surface area (Å²) in [5.41, 5.74) is 5.51. The molecule has 1 aromatic heterocycles. The lowest BCUT2D eigenvalue weighted by molar-refractivity contribution is 0.600. The van der Waals surface area contributed by atoms with Crippen LogP contribution in [0, 0.1) is 0 Å². The molecule has 1 aromatic rings. The Morgan fingerprint density at radius 1 is 1.53 bits per heavy atom. The van der Waals surface area contributed by atoms with Crippen molar-refractivity contribution in [3.63, 3.8) is 0 Å². The first kappa shape index (κ1) is 12.6. The van der Waals surface area contributed by atoms with E-state index in [9.17, 15) is 4.79 Å². The lowest BCUT2D eigenvalue weighted by atomic mass is 10.2. The minimum Gasteiger partial charge on any atom is -0.351 e. The van der Waals surface area contributed by atoms with Gasteiger partial charge in [0.15, 0.2) is 5.82 Å². The summed E-state index contributed by atoms with van der Waals surface area (Å²) in [4.78, 5) is 20.5. The molecule has 0 saturated heterocycles. The Hall–Kier alpha value is -0.880. The Morgan fingerprint density at radius 3 is 2.88 bits per heavy atom. The second kappa shape index (κ2) is 5.64. The summed E-state index contributed by atoms with van der Waals surface area (Å²) in [6.45, 7) is 1.30. The highest BCUT2D eigenvalue weighted by Crippen LogP contribution is 2.29. The van der Waals surface area contributed by atoms with Gasteiger partial charge < -0.3 is 15.6 Å². The minimum absolute atomic E-state index is 0.144. The Bertz CT molecular complexity index is 428. The number of rotatable bonds is 4. The lowest BCUT2D eigenvalue weighted by Crippen LogP contribution is -2.39. The summed E-state index contributed by atoms with van der Waals surface area (Å²) in [5.74, 6) is 0.714. The second-order valence-corrected chi connectivity index (χ2v) is 5.08. The predicted octanol–water partition coefficient (Wildman–Crippen LogP) is 1.24. The number of aromatic amines is 1. The molecule has 1 saturated carbocycles. The molecule has 0 atom stereocenters. The third-order valence-electron chi connectivity index (χ3n) is 3.19. The van der Waals surface area contributed by atoms with Gasteiger partial charge in [-0.1, -0.05) is 12.8 Å². The van der Waals surface area contributed by atoms with Crippen LogP contribution in [0.15, 0.2) is 15.6 Å². The average molecular weight is 301 g/mol. The first-order chi connectivity index (χ1) is 8.24. The first-order valence-corrected chi connectivity index (χ1v) is 6.73. The van der Waals surface area contributed by atoms with Crippen LogP contribution in [-0.2, 0) is 0 Å². The summed E-state index contributed by atoms with van der Waals surface area (Å²) in [6.07, 6.45) is 6.24. The molecule has 94 valence electrons. The number of anilines is 1. The summed E-state index contributed by atoms with van der Waals surface area (Å²) < 4.78 is 0.500. The SMILES string of the molecule is NCCN(c1nc[nH]c(=O)c1Br)C1CCCC1. The zero-order valence-electron chi connectivity index (χ0n) is 9.66. The molecular weight excluding hydrogens is 284 g/mol. The Kier molecular flexibility index (Phi) is 4.17. The fourth-order valence-electron chi connectivity index (χ4n) is 2.39. The van der Waals surface area contributed by atoms with E-state index in [0.717, 1.165) is 19.4 Å². The number of aromatic nitrogens is 2. The number of hydrogen-bond donors (Lipinski definition) is 2. The zero-order chi connectivity index (χ0) is 12.3. The molecule has 1 heterocycles. The molecule has 17 heavy (non-hydrogen) atoms. The number of nitrogens with two attached hydrogens (primary N) is 1. The van der Waals surface area contributed by atoms with Gasteiger partial charge in [0.25, 0.3) is 5.56 Å². The molecule has 2 rings (SSSR count). The smallest absolute Gasteiger partial charge is 0.267 e. The van der Waals surface area contributed by atoms with E-state index in [1.54, 1.807) is 0 Å². The summed E-state index contributed by atoms with van der Waals surface area (Å²) in [7, 11) is 0. The number of hydrogen-bond acceptors (Lipinski definition) is 4. The molecule has 1 fully saturated rings. The van der Waals surface area contributed by atoms with Gasteiger partial charge >= 0.3 is 0 Å². The number of nitrogens with one attached hydrogen (secondary N) is 1. The van der Waals surface area contributed by atoms with E-state index in [-0.39, 0.29) is 5.56 Å². The predicted molar refractivity (Wildman–Crippen MR) is 71.2 cm³/mol. The van der Waals surface area contributed by atoms with Crippen LogP contribution in [0.1, 0.15) is 25.7 Å². The number of nitrogens with zero attached hydrogens (tertiary/aromatic N) is 2. The molecule has 0 amide bonds. The monoisotopic (exact) mass is 300 g/mol. The molecule has 1 aliphatic rings. The van der Waals surface area contributed by atoms with Crippen molar-refractivity contribution in [1.29, 1.82) is 0 Å². The highest BCUT2D eigenvalue weighted by molar-refractivity contribution is 9.10. The van der Waals surface area contributed by atoms with Gasteiger partial charge in [0.1, 0.15) is 4.47 Å². The van der Waals surface area contributed by atoms with Crippen molar-refractivity contribution in [3.05, 3.63) is 21.2 Å². The molecule has 5 nitrogen and oxygen atoms in total. The van der Waals surface area contributed by atoms with Crippen LogP contribution in [0.4, 0.5) is 5.82 Å². The Balaban J connectivity index is 2.31. The van der Waals surface area contributed by atoms with Gasteiger partial charge in [0, 0.05) is 19.1 Å². The van der Waals surface area contributed by atoms with Gasteiger partial charge in [-0.3, -0.25) is 4.79 Å². The van der Waals surface area contributed by atoms with Gasteiger partial charge in [0.05, 0.1) is 6.33 Å². The largest absolute Gasteiger partial charge is 0.351 e. The maximum Gasteiger partial charge on any atom is 0.267 e. The van der Waals surface area contributed by atoms with Crippen LogP contribution in [-0.4, -0.2) is 29.1 Å². The molecule has 3 N–H and O–H groups in total. The highest BCUT2D eigenvalue weighted by Gasteiger charge is 2.25. The second-order valence-electron chi connectivity index (χ2n) is 4.29. The topological polar surface area (TPSA) is 75.0 Å². The summed E-state index contributed by atoms with van der Waals surface area (Å²) in [6, 6.07) is 0.462. The van der Waals surface area contributed by atoms with E-state index in [0.29, 0.717) is 22.9 Å². The van der Waals surface area contributed by atoms with E-state index >= 15 is 0 Å². The van der Waals surface area contributed by atoms with Crippen LogP contribution < -0.4 is 16.2 Å². The van der Waals surface area contributed by atoms with E-state index in [1.165, 1.54) is 19.2 Å². The molecule has 0 aromatic carbocycles. The molecular formula is C11H17BrN4O. The third-order valence-corrected chi connectivity index (χ3v) is 3.90. The van der Waals surface area contributed by atoms with Crippen LogP contribution >= 0.6 is 15.9 Å². The lowest BCUT2D eigenvalue weighted by Gasteiger charge is -2.30. The highest BCUT2D eigenvalue weighted by atomic mass is 79.9. The van der Waals surface area contributed by atoms with Crippen molar-refractivity contribution >= 4 is 21.7 Å². The maximum atomic E-state index is 11.6. The Labute approximate surface area is 109 Å². The minimum atomic E-state index is -0.144. The normalized spacial score (nSPS) is 16.4. The third kappa shape index (κ3) is 2.69. The molecule has 0 radical (unpaired) electrons. The van der Waals surface area contributed by atoms with Gasteiger partial charge in [0.2, 0.25) is 0 Å². The molecule has 0 bridgehead atoms. The molecule has 0 spiro atoms. The van der Waals surface area contributed by atoms with E-state index in [1.807, 2.05) is 0 Å². The fraction of sp³-hybridized carbons (Fsp3) is 0.636. The summed E-state index contributed by atoms with van der Waals surface area (Å²) in [5, 5.41) is 0. The van der Waals surface area contributed by atoms with Crippen molar-refractivity contribution in [3.8, 4) is 0 Å². The van der Waals surface area contributed by atoms with Gasteiger partial charge in [-0.2, -0.15) is 0 Å². The van der Waals surface area contributed by atoms with Crippen molar-refractivity contribution in [2.75, 3.05) is 18.0 Å². The summed E-state index contributed by atoms with van der Waals surface area (Å²) >= 11 is 3.31. The van der Waals surface area contributed by atoms with Crippen molar-refractivity contribution < 1.29 is 0 Å². The van der Waals surface area contributed by atoms with E-state index in [2.05, 4.69) is 30.8 Å². The van der Waals surface area contributed by atoms with E-state index in [4.69, 9.17) is 5.73 Å². The molecule has 0 aliphatic heterocycles. The molecule has 6 heteroatoms. The van der Waals surface area contributed by atoms with Crippen molar-refractivity contribution in [1.82, 2.24) is 9.97 Å². The van der Waals surface area contributed by atoms with Crippen LogP contribution in [0.3, 0.4) is 0 Å². The van der Waals surface area contributed by atoms with Gasteiger partial charge in [-0.05, 0) is 28.8 Å². The Morgan fingerprint density at radius 2 is 2.24 bits per heavy atom. The maximum absolute atomic E-state index is 11.6. The van der Waals surface area contributed by atoms with Gasteiger partial charge in [-0.25, -0.2) is 4.98 Å². The molecule has 0 unspecified atom stereocenters. The van der Waals surface area contributed by atoms with Crippen LogP contribution in [0.2, 0.25) is 0 Å². The average Bonchev–Trinajstić information content (AvgIpc) is 2.84. The van der Waals surface area contributed by atoms with Crippen molar-refractivity contribution in [2.45, 2.75) is 31.7 Å². The van der Waals surface area contributed by atoms with Gasteiger partial charge in [-0.15, -0.1) is 0 Å².